The van der Waals surface area contributed by atoms with Crippen LogP contribution in [0.4, 0.5) is 0 Å². The summed E-state index contributed by atoms with van der Waals surface area (Å²) in [6, 6.07) is 6.68. The minimum absolute atomic E-state index is 0.444. The van der Waals surface area contributed by atoms with Gasteiger partial charge >= 0.3 is 5.97 Å². The highest BCUT2D eigenvalue weighted by atomic mass is 16.4. The number of aliphatic hydroxyl groups is 2. The Morgan fingerprint density at radius 2 is 1.80 bits per heavy atom. The third-order valence-electron chi connectivity index (χ3n) is 3.56. The predicted molar refractivity (Wildman–Crippen MR) is 76.6 cm³/mol. The summed E-state index contributed by atoms with van der Waals surface area (Å²) in [5.74, 6) is -0.903. The lowest BCUT2D eigenvalue weighted by Gasteiger charge is -2.22. The Morgan fingerprint density at radius 1 is 1.25 bits per heavy atom. The fourth-order valence-electron chi connectivity index (χ4n) is 1.89. The Labute approximate surface area is 119 Å². The maximum Gasteiger partial charge on any atom is 0.313 e. The quantitative estimate of drug-likeness (QED) is 0.600. The van der Waals surface area contributed by atoms with Gasteiger partial charge in [-0.3, -0.25) is 4.79 Å². The van der Waals surface area contributed by atoms with Gasteiger partial charge in [0.2, 0.25) is 0 Å². The molecular formula is C15H23NO4. The molecule has 1 aromatic carbocycles. The predicted octanol–water partition coefficient (Wildman–Crippen LogP) is 1.05. The van der Waals surface area contributed by atoms with Gasteiger partial charge in [0.05, 0.1) is 11.5 Å². The van der Waals surface area contributed by atoms with Gasteiger partial charge in [0.15, 0.2) is 0 Å². The standard InChI is InChI=1S/C15H23NO4/c1-15(2,14(19)20)11-6-4-10(5-7-11)13(18)12(17)8-9-16-3/h4-7,12-13,16-18H,8-9H2,1-3H3,(H,19,20). The molecule has 20 heavy (non-hydrogen) atoms. The monoisotopic (exact) mass is 281 g/mol. The third kappa shape index (κ3) is 3.79. The molecule has 2 atom stereocenters. The van der Waals surface area contributed by atoms with Crippen molar-refractivity contribution in [1.29, 1.82) is 0 Å². The summed E-state index contributed by atoms with van der Waals surface area (Å²) >= 11 is 0. The summed E-state index contributed by atoms with van der Waals surface area (Å²) in [5, 5.41) is 31.9. The van der Waals surface area contributed by atoms with Gasteiger partial charge in [-0.05, 0) is 45.0 Å². The molecule has 0 spiro atoms. The first-order valence-corrected chi connectivity index (χ1v) is 6.65. The van der Waals surface area contributed by atoms with E-state index in [1.54, 1.807) is 45.2 Å². The van der Waals surface area contributed by atoms with E-state index in [9.17, 15) is 15.0 Å². The molecule has 0 saturated carbocycles. The van der Waals surface area contributed by atoms with Crippen molar-refractivity contribution in [3.63, 3.8) is 0 Å². The molecule has 0 aliphatic rings. The third-order valence-corrected chi connectivity index (χ3v) is 3.56. The molecule has 0 amide bonds. The van der Waals surface area contributed by atoms with E-state index in [1.807, 2.05) is 0 Å². The Bertz CT molecular complexity index is 442. The fourth-order valence-corrected chi connectivity index (χ4v) is 1.89. The number of hydrogen-bond donors (Lipinski definition) is 4. The molecule has 0 aromatic heterocycles. The van der Waals surface area contributed by atoms with Crippen molar-refractivity contribution < 1.29 is 20.1 Å². The molecule has 0 saturated heterocycles. The first-order chi connectivity index (χ1) is 9.30. The topological polar surface area (TPSA) is 89.8 Å². The molecule has 1 rings (SSSR count). The van der Waals surface area contributed by atoms with Crippen molar-refractivity contribution in [3.8, 4) is 0 Å². The Kier molecular flexibility index (Phi) is 5.68. The Morgan fingerprint density at radius 3 is 2.25 bits per heavy atom. The van der Waals surface area contributed by atoms with E-state index in [-0.39, 0.29) is 0 Å². The minimum Gasteiger partial charge on any atom is -0.481 e. The van der Waals surface area contributed by atoms with Gasteiger partial charge in [0.25, 0.3) is 0 Å². The Hall–Kier alpha value is -1.43. The summed E-state index contributed by atoms with van der Waals surface area (Å²) in [7, 11) is 1.78. The number of aliphatic carboxylic acids is 1. The van der Waals surface area contributed by atoms with Gasteiger partial charge in [0, 0.05) is 0 Å². The van der Waals surface area contributed by atoms with Crippen molar-refractivity contribution in [2.75, 3.05) is 13.6 Å². The van der Waals surface area contributed by atoms with E-state index in [0.717, 1.165) is 0 Å². The van der Waals surface area contributed by atoms with Crippen molar-refractivity contribution in [1.82, 2.24) is 5.32 Å². The number of benzene rings is 1. The molecule has 2 unspecified atom stereocenters. The van der Waals surface area contributed by atoms with Gasteiger partial charge in [-0.25, -0.2) is 0 Å². The summed E-state index contributed by atoms with van der Waals surface area (Å²) in [5.41, 5.74) is 0.262. The first kappa shape index (κ1) is 16.6. The number of rotatable bonds is 7. The molecule has 0 aliphatic carbocycles. The van der Waals surface area contributed by atoms with Gasteiger partial charge in [-0.15, -0.1) is 0 Å². The highest BCUT2D eigenvalue weighted by Crippen LogP contribution is 2.26. The lowest BCUT2D eigenvalue weighted by Crippen LogP contribution is -2.28. The molecule has 0 bridgehead atoms. The van der Waals surface area contributed by atoms with Gasteiger partial charge in [-0.1, -0.05) is 24.3 Å². The van der Waals surface area contributed by atoms with E-state index in [1.165, 1.54) is 0 Å². The number of carboxylic acid groups (broad SMARTS) is 1. The fraction of sp³-hybridized carbons (Fsp3) is 0.533. The molecule has 5 nitrogen and oxygen atoms in total. The van der Waals surface area contributed by atoms with Crippen LogP contribution >= 0.6 is 0 Å². The van der Waals surface area contributed by atoms with Crippen LogP contribution in [-0.2, 0) is 10.2 Å². The maximum atomic E-state index is 11.2. The minimum atomic E-state index is -0.978. The van der Waals surface area contributed by atoms with Crippen LogP contribution in [0.1, 0.15) is 37.5 Å². The second-order valence-corrected chi connectivity index (χ2v) is 5.46. The van der Waals surface area contributed by atoms with Crippen LogP contribution in [0.25, 0.3) is 0 Å². The van der Waals surface area contributed by atoms with Crippen molar-refractivity contribution in [3.05, 3.63) is 35.4 Å². The van der Waals surface area contributed by atoms with E-state index < -0.39 is 23.6 Å². The molecule has 0 aliphatic heterocycles. The van der Waals surface area contributed by atoms with Crippen molar-refractivity contribution >= 4 is 5.97 Å². The summed E-state index contributed by atoms with van der Waals surface area (Å²) in [6.07, 6.45) is -1.37. The zero-order valence-corrected chi connectivity index (χ0v) is 12.1. The number of carboxylic acids is 1. The average Bonchev–Trinajstić information content (AvgIpc) is 2.43. The van der Waals surface area contributed by atoms with Crippen LogP contribution in [-0.4, -0.2) is 41.0 Å². The largest absolute Gasteiger partial charge is 0.481 e. The normalized spacial score (nSPS) is 14.8. The van der Waals surface area contributed by atoms with Crippen LogP contribution in [0.5, 0.6) is 0 Å². The van der Waals surface area contributed by atoms with Gasteiger partial charge in [-0.2, -0.15) is 0 Å². The second kappa shape index (κ2) is 6.83. The highest BCUT2D eigenvalue weighted by Gasteiger charge is 2.29. The maximum absolute atomic E-state index is 11.2. The molecule has 5 heteroatoms. The lowest BCUT2D eigenvalue weighted by molar-refractivity contribution is -0.142. The van der Waals surface area contributed by atoms with Crippen LogP contribution in [0, 0.1) is 0 Å². The van der Waals surface area contributed by atoms with E-state index >= 15 is 0 Å². The van der Waals surface area contributed by atoms with Crippen LogP contribution in [0.2, 0.25) is 0 Å². The zero-order chi connectivity index (χ0) is 15.3. The molecule has 0 radical (unpaired) electrons. The summed E-state index contributed by atoms with van der Waals surface area (Å²) in [4.78, 5) is 11.2. The molecule has 0 heterocycles. The second-order valence-electron chi connectivity index (χ2n) is 5.46. The van der Waals surface area contributed by atoms with Crippen LogP contribution in [0.15, 0.2) is 24.3 Å². The van der Waals surface area contributed by atoms with E-state index in [4.69, 9.17) is 5.11 Å². The zero-order valence-electron chi connectivity index (χ0n) is 12.1. The van der Waals surface area contributed by atoms with E-state index in [0.29, 0.717) is 24.1 Å². The van der Waals surface area contributed by atoms with Crippen molar-refractivity contribution in [2.45, 2.75) is 37.9 Å². The number of aliphatic hydroxyl groups excluding tert-OH is 2. The number of hydrogen-bond acceptors (Lipinski definition) is 4. The first-order valence-electron chi connectivity index (χ1n) is 6.65. The lowest BCUT2D eigenvalue weighted by atomic mass is 9.84. The SMILES string of the molecule is CNCCC(O)C(O)c1ccc(C(C)(C)C(=O)O)cc1. The van der Waals surface area contributed by atoms with Gasteiger partial charge in [0.1, 0.15) is 6.10 Å². The van der Waals surface area contributed by atoms with Crippen molar-refractivity contribution in [2.24, 2.45) is 0 Å². The van der Waals surface area contributed by atoms with Crippen LogP contribution in [0.3, 0.4) is 0 Å². The molecule has 0 fully saturated rings. The molecular weight excluding hydrogens is 258 g/mol. The average molecular weight is 281 g/mol. The molecule has 1 aromatic rings. The Balaban J connectivity index is 2.83. The number of carbonyl (C=O) groups is 1. The summed E-state index contributed by atoms with van der Waals surface area (Å²) in [6.45, 7) is 3.87. The van der Waals surface area contributed by atoms with Crippen LogP contribution < -0.4 is 5.32 Å². The van der Waals surface area contributed by atoms with Gasteiger partial charge < -0.3 is 20.6 Å². The summed E-state index contributed by atoms with van der Waals surface area (Å²) < 4.78 is 0. The smallest absolute Gasteiger partial charge is 0.313 e. The number of nitrogens with one attached hydrogen (secondary N) is 1. The molecule has 112 valence electrons. The van der Waals surface area contributed by atoms with E-state index in [2.05, 4.69) is 5.32 Å². The highest BCUT2D eigenvalue weighted by molar-refractivity contribution is 5.80. The molecule has 4 N–H and O–H groups in total.